The lowest BCUT2D eigenvalue weighted by molar-refractivity contribution is -0.137. The Bertz CT molecular complexity index is 1050. The molecule has 1 fully saturated rings. The Morgan fingerprint density at radius 3 is 2.31 bits per heavy atom. The highest BCUT2D eigenvalue weighted by Gasteiger charge is 2.33. The highest BCUT2D eigenvalue weighted by Crippen LogP contribution is 2.32. The van der Waals surface area contributed by atoms with Crippen LogP contribution in [0.5, 0.6) is 0 Å². The van der Waals surface area contributed by atoms with E-state index in [1.165, 1.54) is 12.1 Å². The fraction of sp³-hybridized carbons (Fsp3) is 0.429. The zero-order valence-electron chi connectivity index (χ0n) is 18.6. The molecule has 0 bridgehead atoms. The number of anilines is 3. The Balaban J connectivity index is 0.00000176. The van der Waals surface area contributed by atoms with Gasteiger partial charge in [-0.3, -0.25) is 4.72 Å². The Labute approximate surface area is 186 Å². The molecule has 0 radical (unpaired) electrons. The number of rotatable bonds is 7. The summed E-state index contributed by atoms with van der Waals surface area (Å²) >= 11 is 0. The van der Waals surface area contributed by atoms with Gasteiger partial charge in [0.2, 0.25) is 0 Å². The maximum Gasteiger partial charge on any atom is 0.299 e. The van der Waals surface area contributed by atoms with Crippen molar-refractivity contribution in [3.8, 4) is 0 Å². The van der Waals surface area contributed by atoms with E-state index < -0.39 is 45.2 Å². The number of aryl methyl sites for hydroxylation is 1. The van der Waals surface area contributed by atoms with Crippen LogP contribution in [0, 0.1) is 24.4 Å². The highest BCUT2D eigenvalue weighted by atomic mass is 32.2. The van der Waals surface area contributed by atoms with Crippen LogP contribution in [0.3, 0.4) is 0 Å². The van der Waals surface area contributed by atoms with Gasteiger partial charge in [0, 0.05) is 6.54 Å². The first-order valence-electron chi connectivity index (χ1n) is 10.1. The topological polar surface area (TPSA) is 88.7 Å². The van der Waals surface area contributed by atoms with Crippen LogP contribution in [0.15, 0.2) is 30.3 Å². The van der Waals surface area contributed by atoms with Crippen molar-refractivity contribution in [1.82, 2.24) is 4.72 Å². The van der Waals surface area contributed by atoms with Crippen molar-refractivity contribution in [2.45, 2.75) is 46.5 Å². The summed E-state index contributed by atoms with van der Waals surface area (Å²) in [6, 6.07) is 5.91. The second kappa shape index (κ2) is 10.5. The predicted octanol–water partition coefficient (Wildman–Crippen LogP) is 4.58. The quantitative estimate of drug-likeness (QED) is 0.546. The first-order chi connectivity index (χ1) is 15.0. The predicted molar refractivity (Wildman–Crippen MR) is 118 cm³/mol. The van der Waals surface area contributed by atoms with Crippen LogP contribution in [0.25, 0.3) is 0 Å². The summed E-state index contributed by atoms with van der Waals surface area (Å²) in [5.41, 5.74) is -0.364. The molecule has 178 valence electrons. The first kappa shape index (κ1) is 25.9. The molecule has 1 unspecified atom stereocenters. The monoisotopic (exact) mass is 475 g/mol. The number of ether oxygens (including phenoxy) is 2. The van der Waals surface area contributed by atoms with E-state index in [1.807, 2.05) is 13.8 Å². The first-order valence-corrected chi connectivity index (χ1v) is 11.5. The van der Waals surface area contributed by atoms with Gasteiger partial charge in [-0.2, -0.15) is 13.1 Å². The van der Waals surface area contributed by atoms with E-state index in [1.54, 1.807) is 26.8 Å². The Morgan fingerprint density at radius 1 is 1.06 bits per heavy atom. The number of hydrogen-bond donors (Lipinski definition) is 3. The van der Waals surface area contributed by atoms with Gasteiger partial charge in [0.15, 0.2) is 17.4 Å². The molecule has 2 aromatic carbocycles. The fourth-order valence-electron chi connectivity index (χ4n) is 2.86. The third kappa shape index (κ3) is 6.83. The molecular formula is C21H28F3N3O4S. The van der Waals surface area contributed by atoms with Crippen LogP contribution in [0.4, 0.5) is 30.2 Å². The average molecular weight is 476 g/mol. The number of hydrogen-bond acceptors (Lipinski definition) is 5. The third-order valence-corrected chi connectivity index (χ3v) is 5.33. The minimum Gasteiger partial charge on any atom is -0.349 e. The summed E-state index contributed by atoms with van der Waals surface area (Å²) in [6.07, 6.45) is -0.513. The van der Waals surface area contributed by atoms with Crippen LogP contribution >= 0.6 is 0 Å². The molecule has 3 rings (SSSR count). The molecule has 1 aliphatic rings. The summed E-state index contributed by atoms with van der Waals surface area (Å²) in [4.78, 5) is 0. The molecule has 0 amide bonds. The fourth-order valence-corrected chi connectivity index (χ4v) is 3.80. The van der Waals surface area contributed by atoms with Gasteiger partial charge in [0.1, 0.15) is 11.5 Å². The van der Waals surface area contributed by atoms with E-state index >= 15 is 0 Å². The summed E-state index contributed by atoms with van der Waals surface area (Å²) < 4.78 is 82.3. The third-order valence-electron chi connectivity index (χ3n) is 4.29. The second-order valence-corrected chi connectivity index (χ2v) is 8.80. The van der Waals surface area contributed by atoms with Gasteiger partial charge in [-0.1, -0.05) is 19.9 Å². The van der Waals surface area contributed by atoms with Crippen LogP contribution < -0.4 is 14.8 Å². The molecule has 0 spiro atoms. The van der Waals surface area contributed by atoms with E-state index in [2.05, 4.69) is 14.8 Å². The van der Waals surface area contributed by atoms with Crippen LogP contribution in [-0.4, -0.2) is 33.5 Å². The Morgan fingerprint density at radius 2 is 1.72 bits per heavy atom. The lowest BCUT2D eigenvalue weighted by atomic mass is 10.2. The summed E-state index contributed by atoms with van der Waals surface area (Å²) in [6.45, 7) is 9.16. The molecule has 0 aliphatic carbocycles. The van der Waals surface area contributed by atoms with Crippen molar-refractivity contribution in [2.75, 3.05) is 23.2 Å². The van der Waals surface area contributed by atoms with Crippen LogP contribution in [0.2, 0.25) is 0 Å². The van der Waals surface area contributed by atoms with Crippen molar-refractivity contribution in [3.05, 3.63) is 53.3 Å². The summed E-state index contributed by atoms with van der Waals surface area (Å²) in [5, 5.41) is 2.42. The molecule has 0 saturated carbocycles. The molecule has 3 N–H and O–H groups in total. The number of halogens is 3. The van der Waals surface area contributed by atoms with Crippen LogP contribution in [0.1, 0.15) is 33.3 Å². The van der Waals surface area contributed by atoms with Crippen LogP contribution in [-0.2, 0) is 19.7 Å². The van der Waals surface area contributed by atoms with Crippen molar-refractivity contribution in [2.24, 2.45) is 0 Å². The van der Waals surface area contributed by atoms with E-state index in [4.69, 9.17) is 9.47 Å². The summed E-state index contributed by atoms with van der Waals surface area (Å²) in [5.74, 6) is -4.10. The SMILES string of the molecule is CC.Cc1ccc(Nc2c(NS(=O)(=O)NCC3COC(C)(C)O3)ccc(F)c2F)c(F)c1. The van der Waals surface area contributed by atoms with Crippen molar-refractivity contribution < 1.29 is 31.1 Å². The van der Waals surface area contributed by atoms with Gasteiger partial charge in [-0.25, -0.2) is 13.2 Å². The minimum absolute atomic E-state index is 0.0994. The maximum absolute atomic E-state index is 14.4. The van der Waals surface area contributed by atoms with Gasteiger partial charge >= 0.3 is 0 Å². The lowest BCUT2D eigenvalue weighted by Crippen LogP contribution is -2.37. The average Bonchev–Trinajstić information content (AvgIpc) is 3.08. The molecule has 32 heavy (non-hydrogen) atoms. The van der Waals surface area contributed by atoms with E-state index in [-0.39, 0.29) is 24.5 Å². The Kier molecular flexibility index (Phi) is 8.52. The number of nitrogens with one attached hydrogen (secondary N) is 3. The lowest BCUT2D eigenvalue weighted by Gasteiger charge is -2.18. The molecular weight excluding hydrogens is 447 g/mol. The molecule has 1 aliphatic heterocycles. The molecule has 1 atom stereocenters. The zero-order chi connectivity index (χ0) is 24.1. The largest absolute Gasteiger partial charge is 0.349 e. The van der Waals surface area contributed by atoms with Crippen molar-refractivity contribution in [3.63, 3.8) is 0 Å². The van der Waals surface area contributed by atoms with E-state index in [0.717, 1.165) is 12.1 Å². The van der Waals surface area contributed by atoms with Gasteiger partial charge in [-0.05, 0) is 50.6 Å². The molecule has 11 heteroatoms. The second-order valence-electron chi connectivity index (χ2n) is 7.30. The summed E-state index contributed by atoms with van der Waals surface area (Å²) in [7, 11) is -4.18. The van der Waals surface area contributed by atoms with Crippen molar-refractivity contribution in [1.29, 1.82) is 0 Å². The van der Waals surface area contributed by atoms with Gasteiger partial charge in [0.25, 0.3) is 10.2 Å². The minimum atomic E-state index is -4.18. The number of benzene rings is 2. The van der Waals surface area contributed by atoms with Gasteiger partial charge in [0.05, 0.1) is 24.1 Å². The zero-order valence-corrected chi connectivity index (χ0v) is 19.4. The molecule has 1 saturated heterocycles. The normalized spacial score (nSPS) is 17.4. The molecule has 1 heterocycles. The van der Waals surface area contributed by atoms with Gasteiger partial charge < -0.3 is 14.8 Å². The van der Waals surface area contributed by atoms with E-state index in [0.29, 0.717) is 5.56 Å². The molecule has 2 aromatic rings. The van der Waals surface area contributed by atoms with Crippen molar-refractivity contribution >= 4 is 27.3 Å². The highest BCUT2D eigenvalue weighted by molar-refractivity contribution is 7.90. The Hall–Kier alpha value is -2.34. The smallest absolute Gasteiger partial charge is 0.299 e. The maximum atomic E-state index is 14.4. The standard InChI is InChI=1S/C19H22F3N3O4S.C2H6/c1-11-4-6-15(14(21)8-11)24-18-16(7-5-13(20)17(18)22)25-30(26,27)23-9-12-10-28-19(2,3)29-12;1-2/h4-8,12,23-25H,9-10H2,1-3H3;1-2H3. The molecule has 0 aromatic heterocycles. The molecule has 7 nitrogen and oxygen atoms in total. The van der Waals surface area contributed by atoms with E-state index in [9.17, 15) is 21.6 Å². The van der Waals surface area contributed by atoms with Gasteiger partial charge in [-0.15, -0.1) is 0 Å².